The summed E-state index contributed by atoms with van der Waals surface area (Å²) in [6.45, 7) is 4.11. The molecule has 0 aromatic heterocycles. The summed E-state index contributed by atoms with van der Waals surface area (Å²) < 4.78 is 10.7. The van der Waals surface area contributed by atoms with Crippen LogP contribution in [-0.2, 0) is 6.42 Å². The van der Waals surface area contributed by atoms with Crippen LogP contribution in [0.2, 0.25) is 0 Å². The smallest absolute Gasteiger partial charge is 0.231 e. The van der Waals surface area contributed by atoms with Crippen molar-refractivity contribution in [2.24, 2.45) is 0 Å². The van der Waals surface area contributed by atoms with Gasteiger partial charge in [-0.3, -0.25) is 0 Å². The summed E-state index contributed by atoms with van der Waals surface area (Å²) in [5.41, 5.74) is 1.36. The maximum atomic E-state index is 5.39. The summed E-state index contributed by atoms with van der Waals surface area (Å²) in [5.74, 6) is 1.79. The van der Waals surface area contributed by atoms with E-state index in [1.54, 1.807) is 0 Å². The molecule has 0 fully saturated rings. The van der Waals surface area contributed by atoms with Crippen LogP contribution in [0.1, 0.15) is 50.5 Å². The molecule has 1 aromatic rings. The molecule has 0 saturated carbocycles. The van der Waals surface area contributed by atoms with Gasteiger partial charge >= 0.3 is 0 Å². The second kappa shape index (κ2) is 7.88. The summed E-state index contributed by atoms with van der Waals surface area (Å²) in [6.07, 6.45) is 12.3. The van der Waals surface area contributed by atoms with E-state index < -0.39 is 0 Å². The van der Waals surface area contributed by atoms with Crippen molar-refractivity contribution < 1.29 is 9.47 Å². The molecule has 1 aliphatic heterocycles. The maximum Gasteiger partial charge on any atom is 0.231 e. The molecule has 0 N–H and O–H groups in total. The lowest BCUT2D eigenvalue weighted by molar-refractivity contribution is 0.174. The van der Waals surface area contributed by atoms with E-state index >= 15 is 0 Å². The normalized spacial score (nSPS) is 12.6. The average Bonchev–Trinajstić information content (AvgIpc) is 2.89. The second-order valence-corrected chi connectivity index (χ2v) is 5.14. The van der Waals surface area contributed by atoms with E-state index in [-0.39, 0.29) is 0 Å². The fourth-order valence-corrected chi connectivity index (χ4v) is 2.42. The third-order valence-electron chi connectivity index (χ3n) is 3.56. The molecule has 104 valence electrons. The lowest BCUT2D eigenvalue weighted by atomic mass is 10.0. The first-order chi connectivity index (χ1) is 9.40. The van der Waals surface area contributed by atoms with E-state index in [4.69, 9.17) is 9.47 Å². The van der Waals surface area contributed by atoms with Gasteiger partial charge in [-0.05, 0) is 43.4 Å². The minimum Gasteiger partial charge on any atom is -0.454 e. The first-order valence-corrected chi connectivity index (χ1v) is 7.39. The summed E-state index contributed by atoms with van der Waals surface area (Å²) in [5, 5.41) is 0. The van der Waals surface area contributed by atoms with E-state index in [1.807, 2.05) is 12.1 Å². The summed E-state index contributed by atoms with van der Waals surface area (Å²) in [6, 6.07) is 6.29. The Morgan fingerprint density at radius 2 is 1.68 bits per heavy atom. The number of hydrogen-bond donors (Lipinski definition) is 0. The minimum absolute atomic E-state index is 0.365. The van der Waals surface area contributed by atoms with Crippen LogP contribution in [0.25, 0.3) is 0 Å². The number of hydrogen-bond acceptors (Lipinski definition) is 2. The molecule has 0 aliphatic carbocycles. The number of ether oxygens (including phenoxy) is 2. The zero-order valence-electron chi connectivity index (χ0n) is 11.7. The summed E-state index contributed by atoms with van der Waals surface area (Å²) in [7, 11) is 0. The number of unbranched alkanes of at least 4 members (excludes halogenated alkanes) is 6. The van der Waals surface area contributed by atoms with E-state index in [1.165, 1.54) is 44.1 Å². The van der Waals surface area contributed by atoms with Crippen LogP contribution >= 0.6 is 0 Å². The van der Waals surface area contributed by atoms with Gasteiger partial charge in [-0.15, -0.1) is 6.58 Å². The molecule has 0 spiro atoms. The van der Waals surface area contributed by atoms with Gasteiger partial charge in [-0.25, -0.2) is 0 Å². The lowest BCUT2D eigenvalue weighted by Crippen LogP contribution is -1.93. The lowest BCUT2D eigenvalue weighted by Gasteiger charge is -2.03. The van der Waals surface area contributed by atoms with Gasteiger partial charge in [0.25, 0.3) is 0 Å². The minimum atomic E-state index is 0.365. The van der Waals surface area contributed by atoms with Gasteiger partial charge in [-0.1, -0.05) is 37.8 Å². The molecule has 19 heavy (non-hydrogen) atoms. The highest BCUT2D eigenvalue weighted by Crippen LogP contribution is 2.32. The molecule has 0 amide bonds. The maximum absolute atomic E-state index is 5.39. The Kier molecular flexibility index (Phi) is 5.80. The van der Waals surface area contributed by atoms with Crippen LogP contribution in [0, 0.1) is 0 Å². The molecule has 0 bridgehead atoms. The monoisotopic (exact) mass is 260 g/mol. The van der Waals surface area contributed by atoms with Crippen molar-refractivity contribution in [2.75, 3.05) is 6.79 Å². The number of benzene rings is 1. The van der Waals surface area contributed by atoms with Gasteiger partial charge < -0.3 is 9.47 Å². The first-order valence-electron chi connectivity index (χ1n) is 7.39. The molecular formula is C17H24O2. The quantitative estimate of drug-likeness (QED) is 0.465. The highest BCUT2D eigenvalue weighted by Gasteiger charge is 2.12. The topological polar surface area (TPSA) is 18.5 Å². The van der Waals surface area contributed by atoms with Crippen molar-refractivity contribution in [3.63, 3.8) is 0 Å². The third kappa shape index (κ3) is 4.62. The van der Waals surface area contributed by atoms with Crippen LogP contribution in [0.4, 0.5) is 0 Å². The largest absolute Gasteiger partial charge is 0.454 e. The molecule has 2 rings (SSSR count). The second-order valence-electron chi connectivity index (χ2n) is 5.14. The highest BCUT2D eigenvalue weighted by molar-refractivity contribution is 5.44. The molecule has 2 nitrogen and oxygen atoms in total. The predicted octanol–water partition coefficient (Wildman–Crippen LogP) is 4.87. The number of rotatable bonds is 9. The molecule has 0 atom stereocenters. The van der Waals surface area contributed by atoms with Gasteiger partial charge in [0.1, 0.15) is 0 Å². The zero-order valence-corrected chi connectivity index (χ0v) is 11.7. The fourth-order valence-electron chi connectivity index (χ4n) is 2.42. The SMILES string of the molecule is C=CCCCCCCCCc1ccc2c(c1)OCO2. The molecule has 0 unspecified atom stereocenters. The third-order valence-corrected chi connectivity index (χ3v) is 3.56. The molecule has 2 heteroatoms. The molecule has 1 aliphatic rings. The van der Waals surface area contributed by atoms with E-state index in [0.717, 1.165) is 24.3 Å². The van der Waals surface area contributed by atoms with Gasteiger partial charge in [0, 0.05) is 0 Å². The van der Waals surface area contributed by atoms with Crippen molar-refractivity contribution >= 4 is 0 Å². The van der Waals surface area contributed by atoms with Crippen molar-refractivity contribution in [3.05, 3.63) is 36.4 Å². The van der Waals surface area contributed by atoms with Crippen molar-refractivity contribution in [2.45, 2.75) is 51.4 Å². The van der Waals surface area contributed by atoms with Crippen LogP contribution in [0.5, 0.6) is 11.5 Å². The predicted molar refractivity (Wildman–Crippen MR) is 78.8 cm³/mol. The summed E-state index contributed by atoms with van der Waals surface area (Å²) in [4.78, 5) is 0. The van der Waals surface area contributed by atoms with Gasteiger partial charge in [-0.2, -0.15) is 0 Å². The van der Waals surface area contributed by atoms with Gasteiger partial charge in [0.2, 0.25) is 6.79 Å². The van der Waals surface area contributed by atoms with Crippen LogP contribution < -0.4 is 9.47 Å². The summed E-state index contributed by atoms with van der Waals surface area (Å²) >= 11 is 0. The molecular weight excluding hydrogens is 236 g/mol. The van der Waals surface area contributed by atoms with Gasteiger partial charge in [0.15, 0.2) is 11.5 Å². The zero-order chi connectivity index (χ0) is 13.3. The van der Waals surface area contributed by atoms with Crippen molar-refractivity contribution in [1.29, 1.82) is 0 Å². The van der Waals surface area contributed by atoms with E-state index in [0.29, 0.717) is 6.79 Å². The van der Waals surface area contributed by atoms with E-state index in [9.17, 15) is 0 Å². The number of allylic oxidation sites excluding steroid dienone is 1. The number of fused-ring (bicyclic) bond motifs is 1. The van der Waals surface area contributed by atoms with Crippen molar-refractivity contribution in [1.82, 2.24) is 0 Å². The Balaban J connectivity index is 1.57. The van der Waals surface area contributed by atoms with Crippen LogP contribution in [-0.4, -0.2) is 6.79 Å². The van der Waals surface area contributed by atoms with Crippen LogP contribution in [0.15, 0.2) is 30.9 Å². The van der Waals surface area contributed by atoms with Crippen LogP contribution in [0.3, 0.4) is 0 Å². The Hall–Kier alpha value is -1.44. The standard InChI is InChI=1S/C17H24O2/c1-2-3-4-5-6-7-8-9-10-15-11-12-16-17(13-15)19-14-18-16/h2,11-13H,1,3-10,14H2. The Labute approximate surface area is 116 Å². The van der Waals surface area contributed by atoms with E-state index in [2.05, 4.69) is 18.7 Å². The number of aryl methyl sites for hydroxylation is 1. The fraction of sp³-hybridized carbons (Fsp3) is 0.529. The Morgan fingerprint density at radius 3 is 2.53 bits per heavy atom. The van der Waals surface area contributed by atoms with Gasteiger partial charge in [0.05, 0.1) is 0 Å². The molecule has 1 heterocycles. The highest BCUT2D eigenvalue weighted by atomic mass is 16.7. The molecule has 0 saturated heterocycles. The first kappa shape index (κ1) is 14.0. The average molecular weight is 260 g/mol. The Bertz CT molecular complexity index is 398. The Morgan fingerprint density at radius 1 is 0.947 bits per heavy atom. The molecule has 1 aromatic carbocycles. The molecule has 0 radical (unpaired) electrons. The van der Waals surface area contributed by atoms with Crippen molar-refractivity contribution in [3.8, 4) is 11.5 Å².